The Morgan fingerprint density at radius 2 is 1.76 bits per heavy atom. The van der Waals surface area contributed by atoms with Gasteiger partial charge in [-0.15, -0.1) is 0 Å². The van der Waals surface area contributed by atoms with Gasteiger partial charge in [0.25, 0.3) is 0 Å². The number of hydrogen-bond donors (Lipinski definition) is 1. The lowest BCUT2D eigenvalue weighted by Crippen LogP contribution is -2.52. The maximum Gasteiger partial charge on any atom is 0.321 e. The lowest BCUT2D eigenvalue weighted by Gasteiger charge is -2.40. The normalized spacial score (nSPS) is 31.8. The van der Waals surface area contributed by atoms with Gasteiger partial charge in [0.05, 0.1) is 0 Å². The zero-order valence-corrected chi connectivity index (χ0v) is 16.7. The monoisotopic (exact) mass is 393 g/mol. The van der Waals surface area contributed by atoms with Crippen molar-refractivity contribution >= 4 is 5.97 Å². The van der Waals surface area contributed by atoms with Gasteiger partial charge < -0.3 is 5.11 Å². The minimum absolute atomic E-state index is 0.0451. The number of carboxylic acid groups (broad SMARTS) is 1. The highest BCUT2D eigenvalue weighted by Crippen LogP contribution is 2.49. The summed E-state index contributed by atoms with van der Waals surface area (Å²) in [6, 6.07) is 17.1. The van der Waals surface area contributed by atoms with E-state index in [1.165, 1.54) is 22.3 Å². The summed E-state index contributed by atoms with van der Waals surface area (Å²) in [5.74, 6) is -0.875. The summed E-state index contributed by atoms with van der Waals surface area (Å²) in [4.78, 5) is 13.9. The second-order valence-corrected chi connectivity index (χ2v) is 9.17. The Balaban J connectivity index is 1.50. The van der Waals surface area contributed by atoms with E-state index in [1.807, 2.05) is 0 Å². The van der Waals surface area contributed by atoms with Crippen LogP contribution in [0.2, 0.25) is 0 Å². The number of benzene rings is 2. The summed E-state index contributed by atoms with van der Waals surface area (Å²) in [6.45, 7) is 0.553. The van der Waals surface area contributed by atoms with Crippen LogP contribution < -0.4 is 0 Å². The van der Waals surface area contributed by atoms with Crippen molar-refractivity contribution in [3.05, 3.63) is 70.8 Å². The molecule has 5 rings (SSSR count). The maximum atomic E-state index is 13.9. The molecule has 3 nitrogen and oxygen atoms in total. The van der Waals surface area contributed by atoms with Crippen molar-refractivity contribution in [1.29, 1.82) is 0 Å². The zero-order chi connectivity index (χ0) is 20.0. The van der Waals surface area contributed by atoms with Crippen LogP contribution in [0.5, 0.6) is 0 Å². The molecule has 4 unspecified atom stereocenters. The van der Waals surface area contributed by atoms with Gasteiger partial charge in [0.1, 0.15) is 12.2 Å². The molecule has 152 valence electrons. The standard InChI is InChI=1S/C25H28FNO2/c26-20-10-12-27(23(14-20)24(28)29)21-9-11-25(16-21)15-19-7-2-1-5-17(19)13-18-6-3-4-8-22(18)25/h1-8,20-21,23H,9-16H2,(H,28,29). The van der Waals surface area contributed by atoms with E-state index in [4.69, 9.17) is 0 Å². The van der Waals surface area contributed by atoms with Gasteiger partial charge in [0.2, 0.25) is 0 Å². The number of aliphatic carboxylic acids is 1. The summed E-state index contributed by atoms with van der Waals surface area (Å²) in [5, 5.41) is 9.71. The van der Waals surface area contributed by atoms with Crippen LogP contribution in [0.15, 0.2) is 48.5 Å². The Morgan fingerprint density at radius 1 is 1.03 bits per heavy atom. The molecule has 2 aromatic carbocycles. The first-order chi connectivity index (χ1) is 14.1. The van der Waals surface area contributed by atoms with Gasteiger partial charge in [-0.3, -0.25) is 9.69 Å². The molecular weight excluding hydrogens is 365 g/mol. The second-order valence-electron chi connectivity index (χ2n) is 9.17. The molecule has 0 amide bonds. The maximum absolute atomic E-state index is 13.9. The molecule has 1 saturated heterocycles. The average molecular weight is 394 g/mol. The van der Waals surface area contributed by atoms with Crippen molar-refractivity contribution in [3.8, 4) is 0 Å². The van der Waals surface area contributed by atoms with Crippen molar-refractivity contribution in [3.63, 3.8) is 0 Å². The number of carbonyl (C=O) groups is 1. The van der Waals surface area contributed by atoms with Crippen molar-refractivity contribution in [1.82, 2.24) is 4.90 Å². The van der Waals surface area contributed by atoms with E-state index in [0.29, 0.717) is 13.0 Å². The van der Waals surface area contributed by atoms with E-state index >= 15 is 0 Å². The Hall–Kier alpha value is -2.20. The van der Waals surface area contributed by atoms with Crippen LogP contribution in [-0.2, 0) is 23.1 Å². The third-order valence-electron chi connectivity index (χ3n) is 7.53. The summed E-state index contributed by atoms with van der Waals surface area (Å²) in [6.07, 6.45) is 4.55. The molecule has 4 atom stereocenters. The number of likely N-dealkylation sites (tertiary alicyclic amines) is 1. The van der Waals surface area contributed by atoms with Gasteiger partial charge in [-0.2, -0.15) is 0 Å². The van der Waals surface area contributed by atoms with Crippen LogP contribution in [0.25, 0.3) is 0 Å². The molecule has 0 aromatic heterocycles. The van der Waals surface area contributed by atoms with E-state index in [1.54, 1.807) is 0 Å². The predicted molar refractivity (Wildman–Crippen MR) is 111 cm³/mol. The van der Waals surface area contributed by atoms with E-state index in [9.17, 15) is 14.3 Å². The third kappa shape index (κ3) is 3.28. The molecule has 2 fully saturated rings. The summed E-state index contributed by atoms with van der Waals surface area (Å²) < 4.78 is 13.9. The van der Waals surface area contributed by atoms with Crippen molar-refractivity contribution < 1.29 is 14.3 Å². The van der Waals surface area contributed by atoms with Gasteiger partial charge in [0.15, 0.2) is 0 Å². The Kier molecular flexibility index (Phi) is 4.70. The topological polar surface area (TPSA) is 40.5 Å². The van der Waals surface area contributed by atoms with Gasteiger partial charge in [-0.25, -0.2) is 4.39 Å². The predicted octanol–water partition coefficient (Wildman–Crippen LogP) is 4.51. The Labute approximate surface area is 171 Å². The van der Waals surface area contributed by atoms with Crippen molar-refractivity contribution in [2.24, 2.45) is 0 Å². The molecule has 0 radical (unpaired) electrons. The average Bonchev–Trinajstić information content (AvgIpc) is 3.08. The number of rotatable bonds is 2. The first-order valence-electron chi connectivity index (χ1n) is 10.8. The van der Waals surface area contributed by atoms with Crippen LogP contribution in [0.3, 0.4) is 0 Å². The second kappa shape index (κ2) is 7.24. The number of nitrogens with zero attached hydrogens (tertiary/aromatic N) is 1. The van der Waals surface area contributed by atoms with Gasteiger partial charge in [-0.05, 0) is 60.8 Å². The number of halogens is 1. The number of carboxylic acids is 1. The molecule has 1 aliphatic heterocycles. The number of piperidine rings is 1. The minimum Gasteiger partial charge on any atom is -0.480 e. The van der Waals surface area contributed by atoms with E-state index in [2.05, 4.69) is 53.4 Å². The van der Waals surface area contributed by atoms with Crippen LogP contribution in [0.4, 0.5) is 4.39 Å². The van der Waals surface area contributed by atoms with E-state index in [-0.39, 0.29) is 17.9 Å². The van der Waals surface area contributed by atoms with Crippen LogP contribution in [0, 0.1) is 0 Å². The smallest absolute Gasteiger partial charge is 0.321 e. The largest absolute Gasteiger partial charge is 0.480 e. The highest BCUT2D eigenvalue weighted by atomic mass is 19.1. The number of fused-ring (bicyclic) bond motifs is 3. The van der Waals surface area contributed by atoms with Crippen molar-refractivity contribution in [2.75, 3.05) is 6.54 Å². The Morgan fingerprint density at radius 3 is 2.55 bits per heavy atom. The zero-order valence-electron chi connectivity index (χ0n) is 16.7. The Bertz CT molecular complexity index is 929. The first kappa shape index (κ1) is 18.8. The number of hydrogen-bond acceptors (Lipinski definition) is 2. The van der Waals surface area contributed by atoms with Crippen LogP contribution >= 0.6 is 0 Å². The molecule has 1 N–H and O–H groups in total. The molecule has 1 heterocycles. The highest BCUT2D eigenvalue weighted by molar-refractivity contribution is 5.73. The summed E-state index contributed by atoms with van der Waals surface area (Å²) in [7, 11) is 0. The molecule has 1 spiro atoms. The first-order valence-corrected chi connectivity index (χ1v) is 10.8. The van der Waals surface area contributed by atoms with Gasteiger partial charge in [0, 0.05) is 24.4 Å². The molecule has 2 aromatic rings. The van der Waals surface area contributed by atoms with Crippen molar-refractivity contribution in [2.45, 2.75) is 68.6 Å². The van der Waals surface area contributed by atoms with Crippen LogP contribution in [0.1, 0.15) is 54.4 Å². The quantitative estimate of drug-likeness (QED) is 0.816. The lowest BCUT2D eigenvalue weighted by molar-refractivity contribution is -0.147. The lowest BCUT2D eigenvalue weighted by atomic mass is 9.73. The van der Waals surface area contributed by atoms with Gasteiger partial charge in [-0.1, -0.05) is 48.5 Å². The SMILES string of the molecule is O=C(O)C1CC(F)CCN1C1CCC2(Cc3ccccc3Cc3ccccc32)C1. The summed E-state index contributed by atoms with van der Waals surface area (Å²) >= 11 is 0. The summed E-state index contributed by atoms with van der Waals surface area (Å²) in [5.41, 5.74) is 5.70. The fourth-order valence-corrected chi connectivity index (χ4v) is 6.17. The molecule has 0 bridgehead atoms. The number of alkyl halides is 1. The molecule has 4 heteroatoms. The molecule has 2 aliphatic carbocycles. The van der Waals surface area contributed by atoms with E-state index < -0.39 is 18.2 Å². The fourth-order valence-electron chi connectivity index (χ4n) is 6.17. The molecule has 3 aliphatic rings. The molecule has 29 heavy (non-hydrogen) atoms. The van der Waals surface area contributed by atoms with Gasteiger partial charge >= 0.3 is 5.97 Å². The third-order valence-corrected chi connectivity index (χ3v) is 7.53. The minimum atomic E-state index is -0.992. The highest BCUT2D eigenvalue weighted by Gasteiger charge is 2.47. The molecule has 1 saturated carbocycles. The fraction of sp³-hybridized carbons (Fsp3) is 0.480. The van der Waals surface area contributed by atoms with Crippen LogP contribution in [-0.4, -0.2) is 40.8 Å². The van der Waals surface area contributed by atoms with E-state index in [0.717, 1.165) is 32.1 Å². The molecular formula is C25H28FNO2.